The normalized spacial score (nSPS) is 10.7. The number of fused-ring (bicyclic) bond motifs is 1. The topological polar surface area (TPSA) is 55.6 Å². The molecule has 0 atom stereocenters. The average molecular weight is 382 g/mol. The van der Waals surface area contributed by atoms with Gasteiger partial charge in [0.15, 0.2) is 5.58 Å². The SMILES string of the molecule is CCN(CCOC(=O)C(=S)Cc1nc2ccccc2o1)c1cccc(C)c1. The molecule has 3 aromatic rings. The molecule has 0 radical (unpaired) electrons. The first kappa shape index (κ1) is 19.0. The van der Waals surface area contributed by atoms with Crippen molar-refractivity contribution in [3.8, 4) is 0 Å². The fraction of sp³-hybridized carbons (Fsp3) is 0.286. The number of esters is 1. The molecule has 6 heteroatoms. The van der Waals surface area contributed by atoms with E-state index in [4.69, 9.17) is 21.4 Å². The minimum absolute atomic E-state index is 0.165. The quantitative estimate of drug-likeness (QED) is 0.431. The number of carbonyl (C=O) groups excluding carboxylic acids is 1. The summed E-state index contributed by atoms with van der Waals surface area (Å²) in [5.74, 6) is -0.0688. The lowest BCUT2D eigenvalue weighted by molar-refractivity contribution is -0.135. The number of anilines is 1. The molecule has 0 unspecified atom stereocenters. The lowest BCUT2D eigenvalue weighted by atomic mass is 10.2. The molecule has 0 aliphatic carbocycles. The van der Waals surface area contributed by atoms with E-state index in [-0.39, 0.29) is 17.9 Å². The fourth-order valence-electron chi connectivity index (χ4n) is 2.83. The third kappa shape index (κ3) is 4.92. The highest BCUT2D eigenvalue weighted by Gasteiger charge is 2.16. The smallest absolute Gasteiger partial charge is 0.345 e. The van der Waals surface area contributed by atoms with Gasteiger partial charge in [0.05, 0.1) is 13.0 Å². The predicted octanol–water partition coefficient (Wildman–Crippen LogP) is 4.12. The Morgan fingerprint density at radius 1 is 1.22 bits per heavy atom. The first-order valence-electron chi connectivity index (χ1n) is 8.93. The van der Waals surface area contributed by atoms with Gasteiger partial charge < -0.3 is 14.1 Å². The second-order valence-electron chi connectivity index (χ2n) is 6.23. The number of carbonyl (C=O) groups is 1. The van der Waals surface area contributed by atoms with E-state index in [0.29, 0.717) is 18.0 Å². The van der Waals surface area contributed by atoms with Crippen molar-refractivity contribution in [3.05, 3.63) is 60.0 Å². The molecule has 2 aromatic carbocycles. The molecule has 0 saturated heterocycles. The van der Waals surface area contributed by atoms with Crippen LogP contribution in [-0.2, 0) is 16.0 Å². The van der Waals surface area contributed by atoms with Gasteiger partial charge in [-0.15, -0.1) is 0 Å². The highest BCUT2D eigenvalue weighted by atomic mass is 32.1. The molecule has 0 aliphatic heterocycles. The van der Waals surface area contributed by atoms with Crippen molar-refractivity contribution in [3.63, 3.8) is 0 Å². The summed E-state index contributed by atoms with van der Waals surface area (Å²) in [6.45, 7) is 5.84. The standard InChI is InChI=1S/C21H22N2O3S/c1-3-23(16-8-6-7-15(2)13-16)11-12-25-21(24)19(27)14-20-22-17-9-4-5-10-18(17)26-20/h4-10,13H,3,11-12,14H2,1-2H3. The van der Waals surface area contributed by atoms with Gasteiger partial charge in [0.1, 0.15) is 17.0 Å². The van der Waals surface area contributed by atoms with Crippen molar-refractivity contribution in [2.24, 2.45) is 0 Å². The third-order valence-electron chi connectivity index (χ3n) is 4.22. The zero-order chi connectivity index (χ0) is 19.2. The molecular weight excluding hydrogens is 360 g/mol. The number of ether oxygens (including phenoxy) is 1. The molecule has 0 fully saturated rings. The lowest BCUT2D eigenvalue weighted by Crippen LogP contribution is -2.29. The van der Waals surface area contributed by atoms with Crippen LogP contribution in [0.15, 0.2) is 52.9 Å². The van der Waals surface area contributed by atoms with E-state index < -0.39 is 5.97 Å². The molecule has 1 heterocycles. The number of hydrogen-bond acceptors (Lipinski definition) is 6. The highest BCUT2D eigenvalue weighted by Crippen LogP contribution is 2.16. The van der Waals surface area contributed by atoms with Gasteiger partial charge >= 0.3 is 5.97 Å². The maximum absolute atomic E-state index is 12.2. The van der Waals surface area contributed by atoms with Crippen LogP contribution in [-0.4, -0.2) is 35.5 Å². The monoisotopic (exact) mass is 382 g/mol. The number of benzene rings is 2. The molecule has 5 nitrogen and oxygen atoms in total. The van der Waals surface area contributed by atoms with Gasteiger partial charge in [0.2, 0.25) is 5.89 Å². The average Bonchev–Trinajstić information content (AvgIpc) is 3.07. The summed E-state index contributed by atoms with van der Waals surface area (Å²) in [5, 5.41) is 0. The lowest BCUT2D eigenvalue weighted by Gasteiger charge is -2.23. The molecule has 0 bridgehead atoms. The Bertz CT molecular complexity index is 918. The molecule has 1 aromatic heterocycles. The summed E-state index contributed by atoms with van der Waals surface area (Å²) in [4.78, 5) is 18.8. The molecule has 0 N–H and O–H groups in total. The molecule has 140 valence electrons. The number of oxazole rings is 1. The number of aryl methyl sites for hydroxylation is 1. The van der Waals surface area contributed by atoms with Crippen LogP contribution < -0.4 is 4.90 Å². The molecule has 27 heavy (non-hydrogen) atoms. The Morgan fingerprint density at radius 2 is 2.04 bits per heavy atom. The van der Waals surface area contributed by atoms with Crippen LogP contribution in [0.3, 0.4) is 0 Å². The molecule has 0 saturated carbocycles. The molecular formula is C21H22N2O3S. The van der Waals surface area contributed by atoms with Crippen LogP contribution in [0.5, 0.6) is 0 Å². The summed E-state index contributed by atoms with van der Waals surface area (Å²) in [7, 11) is 0. The van der Waals surface area contributed by atoms with Crippen LogP contribution in [0.2, 0.25) is 0 Å². The van der Waals surface area contributed by atoms with Gasteiger partial charge in [-0.1, -0.05) is 36.5 Å². The van der Waals surface area contributed by atoms with E-state index in [9.17, 15) is 4.79 Å². The van der Waals surface area contributed by atoms with E-state index >= 15 is 0 Å². The van der Waals surface area contributed by atoms with Crippen LogP contribution in [0, 0.1) is 6.92 Å². The maximum atomic E-state index is 12.2. The number of hydrogen-bond donors (Lipinski definition) is 0. The van der Waals surface area contributed by atoms with Gasteiger partial charge in [0, 0.05) is 12.2 Å². The number of para-hydroxylation sites is 2. The third-order valence-corrected chi connectivity index (χ3v) is 4.53. The van der Waals surface area contributed by atoms with Gasteiger partial charge in [0.25, 0.3) is 0 Å². The number of nitrogens with zero attached hydrogens (tertiary/aromatic N) is 2. The number of likely N-dealkylation sites (N-methyl/N-ethyl adjacent to an activating group) is 1. The highest BCUT2D eigenvalue weighted by molar-refractivity contribution is 7.82. The van der Waals surface area contributed by atoms with E-state index in [1.54, 1.807) is 0 Å². The summed E-state index contributed by atoms with van der Waals surface area (Å²) >= 11 is 5.19. The van der Waals surface area contributed by atoms with Crippen molar-refractivity contribution in [2.45, 2.75) is 20.3 Å². The van der Waals surface area contributed by atoms with Gasteiger partial charge in [-0.3, -0.25) is 0 Å². The summed E-state index contributed by atoms with van der Waals surface area (Å²) in [6.07, 6.45) is 0.165. The van der Waals surface area contributed by atoms with Crippen molar-refractivity contribution >= 4 is 39.8 Å². The second-order valence-corrected chi connectivity index (χ2v) is 6.72. The van der Waals surface area contributed by atoms with Crippen LogP contribution in [0.25, 0.3) is 11.1 Å². The minimum Gasteiger partial charge on any atom is -0.460 e. The van der Waals surface area contributed by atoms with E-state index in [1.807, 2.05) is 30.3 Å². The Morgan fingerprint density at radius 3 is 2.78 bits per heavy atom. The molecule has 0 spiro atoms. The van der Waals surface area contributed by atoms with Crippen molar-refractivity contribution < 1.29 is 13.9 Å². The van der Waals surface area contributed by atoms with E-state index in [2.05, 4.69) is 41.9 Å². The maximum Gasteiger partial charge on any atom is 0.345 e. The predicted molar refractivity (Wildman–Crippen MR) is 110 cm³/mol. The minimum atomic E-state index is -0.493. The van der Waals surface area contributed by atoms with Crippen LogP contribution >= 0.6 is 12.2 Å². The van der Waals surface area contributed by atoms with E-state index in [1.165, 1.54) is 5.56 Å². The van der Waals surface area contributed by atoms with Crippen molar-refractivity contribution in [1.29, 1.82) is 0 Å². The Balaban J connectivity index is 1.51. The molecule has 3 rings (SSSR count). The summed E-state index contributed by atoms with van der Waals surface area (Å²) in [6, 6.07) is 15.7. The molecule has 0 amide bonds. The number of thiocarbonyl (C=S) groups is 1. The van der Waals surface area contributed by atoms with Crippen LogP contribution in [0.1, 0.15) is 18.4 Å². The van der Waals surface area contributed by atoms with Crippen molar-refractivity contribution in [1.82, 2.24) is 4.98 Å². The summed E-state index contributed by atoms with van der Waals surface area (Å²) < 4.78 is 10.9. The summed E-state index contributed by atoms with van der Waals surface area (Å²) in [5.41, 5.74) is 3.74. The zero-order valence-corrected chi connectivity index (χ0v) is 16.3. The fourth-order valence-corrected chi connectivity index (χ4v) is 3.01. The largest absolute Gasteiger partial charge is 0.460 e. The number of rotatable bonds is 8. The van der Waals surface area contributed by atoms with Gasteiger partial charge in [-0.25, -0.2) is 9.78 Å². The van der Waals surface area contributed by atoms with Crippen LogP contribution in [0.4, 0.5) is 5.69 Å². The number of aromatic nitrogens is 1. The Kier molecular flexibility index (Phi) is 6.19. The Hall–Kier alpha value is -2.73. The van der Waals surface area contributed by atoms with Gasteiger partial charge in [-0.2, -0.15) is 0 Å². The first-order chi connectivity index (χ1) is 13.1. The zero-order valence-electron chi connectivity index (χ0n) is 15.5. The van der Waals surface area contributed by atoms with Gasteiger partial charge in [-0.05, 0) is 43.7 Å². The van der Waals surface area contributed by atoms with E-state index in [0.717, 1.165) is 17.7 Å². The first-order valence-corrected chi connectivity index (χ1v) is 9.33. The second kappa shape index (κ2) is 8.77. The Labute approximate surface area is 163 Å². The van der Waals surface area contributed by atoms with Crippen molar-refractivity contribution in [2.75, 3.05) is 24.6 Å². The molecule has 0 aliphatic rings.